The molecule has 1 N–H and O–H groups in total. The molecule has 1 aromatic heterocycles. The number of hydrogen-bond donors (Lipinski definition) is 1. The van der Waals surface area contributed by atoms with E-state index < -0.39 is 17.3 Å². The van der Waals surface area contributed by atoms with E-state index in [9.17, 15) is 18.0 Å². The highest BCUT2D eigenvalue weighted by Gasteiger charge is 2.34. The van der Waals surface area contributed by atoms with Crippen molar-refractivity contribution < 1.29 is 22.7 Å². The zero-order valence-electron chi connectivity index (χ0n) is 18.5. The number of halogens is 3. The van der Waals surface area contributed by atoms with Gasteiger partial charge in [0.25, 0.3) is 0 Å². The standard InChI is InChI=1S/C23H28F3N4O2/c1-5-19-18(23(24,25)26)14-27-20(29-19)28-17-8-6-15(7-9-17)16-10-12-30(13-11-16)21(31)32-22(2,3)4/h6-9,14,16H,1,5,10-13H2,2-4H3,(H,27,28,29). The third-order valence-electron chi connectivity index (χ3n) is 5.19. The quantitative estimate of drug-likeness (QED) is 0.646. The monoisotopic (exact) mass is 449 g/mol. The molecule has 1 fully saturated rings. The Morgan fingerprint density at radius 2 is 1.81 bits per heavy atom. The van der Waals surface area contributed by atoms with Gasteiger partial charge >= 0.3 is 12.3 Å². The number of carbonyl (C=O) groups is 1. The lowest BCUT2D eigenvalue weighted by Crippen LogP contribution is -2.41. The fraction of sp³-hybridized carbons (Fsp3) is 0.478. The fourth-order valence-corrected chi connectivity index (χ4v) is 3.59. The van der Waals surface area contributed by atoms with E-state index in [4.69, 9.17) is 4.74 Å². The van der Waals surface area contributed by atoms with Crippen LogP contribution in [0.4, 0.5) is 29.6 Å². The molecule has 1 saturated heterocycles. The highest BCUT2D eigenvalue weighted by atomic mass is 19.4. The first-order valence-electron chi connectivity index (χ1n) is 10.5. The third-order valence-corrected chi connectivity index (χ3v) is 5.19. The molecular formula is C23H28F3N4O2. The van der Waals surface area contributed by atoms with Crippen LogP contribution in [0.3, 0.4) is 0 Å². The highest BCUT2D eigenvalue weighted by Crippen LogP contribution is 2.32. The minimum Gasteiger partial charge on any atom is -0.444 e. The molecule has 173 valence electrons. The summed E-state index contributed by atoms with van der Waals surface area (Å²) in [6.07, 6.45) is -2.43. The zero-order chi connectivity index (χ0) is 23.5. The normalized spacial score (nSPS) is 15.5. The van der Waals surface area contributed by atoms with Gasteiger partial charge in [0.2, 0.25) is 5.95 Å². The number of benzene rings is 1. The van der Waals surface area contributed by atoms with Gasteiger partial charge in [-0.05, 0) is 70.6 Å². The Balaban J connectivity index is 1.60. The Morgan fingerprint density at radius 3 is 2.34 bits per heavy atom. The van der Waals surface area contributed by atoms with Crippen LogP contribution in [0.2, 0.25) is 0 Å². The predicted octanol–water partition coefficient (Wildman–Crippen LogP) is 5.73. The number of ether oxygens (including phenoxy) is 1. The first-order chi connectivity index (χ1) is 15.0. The molecule has 32 heavy (non-hydrogen) atoms. The number of hydrogen-bond acceptors (Lipinski definition) is 5. The molecule has 1 radical (unpaired) electrons. The Hall–Kier alpha value is -2.84. The molecule has 2 heterocycles. The number of alkyl halides is 3. The lowest BCUT2D eigenvalue weighted by molar-refractivity contribution is -0.138. The molecule has 0 aliphatic carbocycles. The van der Waals surface area contributed by atoms with E-state index >= 15 is 0 Å². The van der Waals surface area contributed by atoms with Crippen molar-refractivity contribution >= 4 is 17.7 Å². The zero-order valence-corrected chi connectivity index (χ0v) is 18.5. The molecule has 9 heteroatoms. The van der Waals surface area contributed by atoms with Crippen LogP contribution in [0, 0.1) is 6.92 Å². The SMILES string of the molecule is [CH2]Cc1nc(Nc2ccc(C3CCN(C(=O)OC(C)(C)C)CC3)cc2)ncc1C(F)(F)F. The molecule has 0 saturated carbocycles. The lowest BCUT2D eigenvalue weighted by Gasteiger charge is -2.33. The maximum Gasteiger partial charge on any atom is 0.419 e. The Bertz CT molecular complexity index is 932. The minimum atomic E-state index is -4.51. The molecule has 0 atom stereocenters. The van der Waals surface area contributed by atoms with E-state index in [1.807, 2.05) is 45.0 Å². The van der Waals surface area contributed by atoms with E-state index in [0.717, 1.165) is 24.6 Å². The second-order valence-corrected chi connectivity index (χ2v) is 8.79. The summed E-state index contributed by atoms with van der Waals surface area (Å²) in [5.74, 6) is 0.415. The van der Waals surface area contributed by atoms with Gasteiger partial charge in [0.05, 0.1) is 11.3 Å². The lowest BCUT2D eigenvalue weighted by atomic mass is 9.89. The number of piperidine rings is 1. The average Bonchev–Trinajstić information content (AvgIpc) is 2.72. The topological polar surface area (TPSA) is 67.4 Å². The number of anilines is 2. The van der Waals surface area contributed by atoms with Crippen molar-refractivity contribution in [3.05, 3.63) is 54.2 Å². The van der Waals surface area contributed by atoms with E-state index in [1.54, 1.807) is 4.90 Å². The molecule has 1 amide bonds. The van der Waals surface area contributed by atoms with Gasteiger partial charge in [0, 0.05) is 25.0 Å². The Morgan fingerprint density at radius 1 is 1.19 bits per heavy atom. The average molecular weight is 449 g/mol. The van der Waals surface area contributed by atoms with Crippen LogP contribution < -0.4 is 5.32 Å². The van der Waals surface area contributed by atoms with Gasteiger partial charge in [-0.2, -0.15) is 13.2 Å². The second kappa shape index (κ2) is 9.34. The summed E-state index contributed by atoms with van der Waals surface area (Å²) >= 11 is 0. The molecular weight excluding hydrogens is 421 g/mol. The number of carbonyl (C=O) groups excluding carboxylic acids is 1. The number of aromatic nitrogens is 2. The number of rotatable bonds is 4. The van der Waals surface area contributed by atoms with Crippen LogP contribution in [0.5, 0.6) is 0 Å². The number of likely N-dealkylation sites (tertiary alicyclic amines) is 1. The van der Waals surface area contributed by atoms with Gasteiger partial charge in [-0.25, -0.2) is 14.8 Å². The molecule has 2 aromatic rings. The van der Waals surface area contributed by atoms with Crippen molar-refractivity contribution in [3.63, 3.8) is 0 Å². The van der Waals surface area contributed by atoms with Crippen molar-refractivity contribution in [2.24, 2.45) is 0 Å². The first kappa shape index (κ1) is 23.8. The molecule has 1 aliphatic heterocycles. The Labute approximate surface area is 186 Å². The van der Waals surface area contributed by atoms with Crippen molar-refractivity contribution in [2.45, 2.75) is 57.7 Å². The van der Waals surface area contributed by atoms with Crippen molar-refractivity contribution in [3.8, 4) is 0 Å². The number of nitrogens with one attached hydrogen (secondary N) is 1. The minimum absolute atomic E-state index is 0.0903. The van der Waals surface area contributed by atoms with Crippen LogP contribution in [0.1, 0.15) is 56.4 Å². The molecule has 6 nitrogen and oxygen atoms in total. The third kappa shape index (κ3) is 6.11. The summed E-state index contributed by atoms with van der Waals surface area (Å²) in [4.78, 5) is 21.7. The molecule has 0 unspecified atom stereocenters. The van der Waals surface area contributed by atoms with Gasteiger partial charge in [-0.15, -0.1) is 0 Å². The van der Waals surface area contributed by atoms with Gasteiger partial charge in [0.15, 0.2) is 0 Å². The molecule has 0 bridgehead atoms. The molecule has 0 spiro atoms. The van der Waals surface area contributed by atoms with Crippen LogP contribution >= 0.6 is 0 Å². The van der Waals surface area contributed by atoms with E-state index in [2.05, 4.69) is 22.2 Å². The number of nitrogens with zero attached hydrogens (tertiary/aromatic N) is 3. The largest absolute Gasteiger partial charge is 0.444 e. The second-order valence-electron chi connectivity index (χ2n) is 8.79. The van der Waals surface area contributed by atoms with Crippen LogP contribution in [-0.4, -0.2) is 39.7 Å². The smallest absolute Gasteiger partial charge is 0.419 e. The highest BCUT2D eigenvalue weighted by molar-refractivity contribution is 5.68. The Kier molecular flexibility index (Phi) is 6.95. The van der Waals surface area contributed by atoms with Gasteiger partial charge in [-0.3, -0.25) is 0 Å². The van der Waals surface area contributed by atoms with Crippen molar-refractivity contribution in [1.29, 1.82) is 0 Å². The van der Waals surface area contributed by atoms with Gasteiger partial charge in [-0.1, -0.05) is 12.1 Å². The summed E-state index contributed by atoms with van der Waals surface area (Å²) in [5.41, 5.74) is 0.289. The maximum absolute atomic E-state index is 13.0. The van der Waals surface area contributed by atoms with Crippen molar-refractivity contribution in [1.82, 2.24) is 14.9 Å². The van der Waals surface area contributed by atoms with Gasteiger partial charge in [0.1, 0.15) is 5.60 Å². The summed E-state index contributed by atoms with van der Waals surface area (Å²) < 4.78 is 44.4. The number of amides is 1. The summed E-state index contributed by atoms with van der Waals surface area (Å²) in [6, 6.07) is 7.64. The van der Waals surface area contributed by atoms with Crippen molar-refractivity contribution in [2.75, 3.05) is 18.4 Å². The van der Waals surface area contributed by atoms with Crippen LogP contribution in [0.25, 0.3) is 0 Å². The van der Waals surface area contributed by atoms with E-state index in [-0.39, 0.29) is 24.2 Å². The van der Waals surface area contributed by atoms with Crippen LogP contribution in [-0.2, 0) is 17.3 Å². The maximum atomic E-state index is 13.0. The van der Waals surface area contributed by atoms with E-state index in [0.29, 0.717) is 24.7 Å². The van der Waals surface area contributed by atoms with E-state index in [1.165, 1.54) is 0 Å². The summed E-state index contributed by atoms with van der Waals surface area (Å²) in [5, 5.41) is 2.94. The molecule has 3 rings (SSSR count). The molecule has 1 aliphatic rings. The molecule has 1 aromatic carbocycles. The van der Waals surface area contributed by atoms with Crippen LogP contribution in [0.15, 0.2) is 30.5 Å². The summed E-state index contributed by atoms with van der Waals surface area (Å²) in [6.45, 7) is 10.3. The fourth-order valence-electron chi connectivity index (χ4n) is 3.59. The first-order valence-corrected chi connectivity index (χ1v) is 10.5. The predicted molar refractivity (Wildman–Crippen MR) is 116 cm³/mol. The summed E-state index contributed by atoms with van der Waals surface area (Å²) in [7, 11) is 0. The van der Waals surface area contributed by atoms with Gasteiger partial charge < -0.3 is 15.0 Å².